The molecule has 6 nitrogen and oxygen atoms in total. The van der Waals surface area contributed by atoms with Gasteiger partial charge in [-0.05, 0) is 12.1 Å². The summed E-state index contributed by atoms with van der Waals surface area (Å²) in [6.45, 7) is 0. The van der Waals surface area contributed by atoms with Crippen LogP contribution in [0.4, 0.5) is 0 Å². The zero-order chi connectivity index (χ0) is 12.3. The predicted molar refractivity (Wildman–Crippen MR) is 51.4 cm³/mol. The van der Waals surface area contributed by atoms with E-state index in [1.54, 1.807) is 0 Å². The van der Waals surface area contributed by atoms with Crippen molar-refractivity contribution in [1.82, 2.24) is 0 Å². The Morgan fingerprint density at radius 2 is 1.50 bits per heavy atom. The fraction of sp³-hybridized carbons (Fsp3) is 0.100. The SMILES string of the molecule is O=C(O)C(=O)CC(=O)c1cc(O)cc(O)c1. The van der Waals surface area contributed by atoms with Crippen LogP contribution in [-0.2, 0) is 9.59 Å². The van der Waals surface area contributed by atoms with E-state index in [1.165, 1.54) is 0 Å². The monoisotopic (exact) mass is 224 g/mol. The molecule has 0 bridgehead atoms. The molecule has 3 N–H and O–H groups in total. The van der Waals surface area contributed by atoms with Crippen molar-refractivity contribution in [2.75, 3.05) is 0 Å². The van der Waals surface area contributed by atoms with E-state index in [-0.39, 0.29) is 17.1 Å². The maximum absolute atomic E-state index is 11.4. The molecule has 0 radical (unpaired) electrons. The minimum Gasteiger partial charge on any atom is -0.508 e. The Morgan fingerprint density at radius 3 is 1.94 bits per heavy atom. The Hall–Kier alpha value is -2.37. The van der Waals surface area contributed by atoms with Gasteiger partial charge in [0, 0.05) is 11.6 Å². The number of aliphatic carboxylic acids is 1. The Kier molecular flexibility index (Phi) is 3.24. The lowest BCUT2D eigenvalue weighted by atomic mass is 10.1. The standard InChI is InChI=1S/C10H8O6/c11-6-1-5(2-7(12)3-6)8(13)4-9(14)10(15)16/h1-3,11-12H,4H2,(H,15,16). The minimum absolute atomic E-state index is 0.118. The van der Waals surface area contributed by atoms with Crippen LogP contribution in [0.25, 0.3) is 0 Å². The molecule has 0 saturated carbocycles. The molecule has 0 aliphatic heterocycles. The van der Waals surface area contributed by atoms with E-state index in [0.717, 1.165) is 18.2 Å². The molecular formula is C10H8O6. The summed E-state index contributed by atoms with van der Waals surface area (Å²) in [6.07, 6.45) is -0.807. The fourth-order valence-electron chi connectivity index (χ4n) is 1.08. The Morgan fingerprint density at radius 1 is 1.00 bits per heavy atom. The van der Waals surface area contributed by atoms with Gasteiger partial charge < -0.3 is 15.3 Å². The highest BCUT2D eigenvalue weighted by atomic mass is 16.4. The second kappa shape index (κ2) is 4.43. The van der Waals surface area contributed by atoms with Gasteiger partial charge in [-0.3, -0.25) is 9.59 Å². The molecular weight excluding hydrogens is 216 g/mol. The Balaban J connectivity index is 2.89. The number of carbonyl (C=O) groups excluding carboxylic acids is 2. The predicted octanol–water partition coefficient (Wildman–Crippen LogP) is 0.324. The highest BCUT2D eigenvalue weighted by Crippen LogP contribution is 2.21. The van der Waals surface area contributed by atoms with Crippen LogP contribution in [0.1, 0.15) is 16.8 Å². The molecule has 0 heterocycles. The Bertz CT molecular complexity index is 442. The number of benzene rings is 1. The molecule has 0 amide bonds. The van der Waals surface area contributed by atoms with Crippen molar-refractivity contribution in [1.29, 1.82) is 0 Å². The number of aromatic hydroxyl groups is 2. The largest absolute Gasteiger partial charge is 0.508 e. The summed E-state index contributed by atoms with van der Waals surface area (Å²) in [5, 5.41) is 26.4. The van der Waals surface area contributed by atoms with Crippen LogP contribution in [0, 0.1) is 0 Å². The second-order valence-corrected chi connectivity index (χ2v) is 3.07. The molecule has 1 aromatic carbocycles. The van der Waals surface area contributed by atoms with Crippen molar-refractivity contribution in [3.63, 3.8) is 0 Å². The normalized spacial score (nSPS) is 9.75. The van der Waals surface area contributed by atoms with E-state index in [9.17, 15) is 14.4 Å². The van der Waals surface area contributed by atoms with Crippen molar-refractivity contribution in [2.45, 2.75) is 6.42 Å². The van der Waals surface area contributed by atoms with Crippen LogP contribution in [0.3, 0.4) is 0 Å². The molecule has 0 aliphatic carbocycles. The molecule has 0 fully saturated rings. The maximum Gasteiger partial charge on any atom is 0.372 e. The lowest BCUT2D eigenvalue weighted by Gasteiger charge is -2.01. The first-order valence-corrected chi connectivity index (χ1v) is 4.22. The van der Waals surface area contributed by atoms with Crippen molar-refractivity contribution in [3.05, 3.63) is 23.8 Å². The molecule has 0 unspecified atom stereocenters. The first-order valence-electron chi connectivity index (χ1n) is 4.22. The molecule has 6 heteroatoms. The van der Waals surface area contributed by atoms with Crippen molar-refractivity contribution in [3.8, 4) is 11.5 Å². The summed E-state index contributed by atoms with van der Waals surface area (Å²) in [6, 6.07) is 3.09. The van der Waals surface area contributed by atoms with E-state index in [2.05, 4.69) is 0 Å². The second-order valence-electron chi connectivity index (χ2n) is 3.07. The van der Waals surface area contributed by atoms with Gasteiger partial charge >= 0.3 is 5.97 Å². The van der Waals surface area contributed by atoms with Crippen LogP contribution in [-0.4, -0.2) is 32.9 Å². The van der Waals surface area contributed by atoms with Gasteiger partial charge in [0.1, 0.15) is 11.5 Å². The quantitative estimate of drug-likeness (QED) is 0.386. The first kappa shape index (κ1) is 11.7. The number of carboxylic acids is 1. The molecule has 1 aromatic rings. The lowest BCUT2D eigenvalue weighted by molar-refractivity contribution is -0.148. The van der Waals surface area contributed by atoms with Crippen LogP contribution in [0.2, 0.25) is 0 Å². The molecule has 0 aliphatic rings. The Labute approximate surface area is 89.8 Å². The number of hydrogen-bond donors (Lipinski definition) is 3. The van der Waals surface area contributed by atoms with Crippen LogP contribution < -0.4 is 0 Å². The molecule has 0 spiro atoms. The number of phenolic OH excluding ortho intramolecular Hbond substituents is 2. The van der Waals surface area contributed by atoms with Gasteiger partial charge in [-0.25, -0.2) is 4.79 Å². The van der Waals surface area contributed by atoms with Crippen LogP contribution in [0.5, 0.6) is 11.5 Å². The summed E-state index contributed by atoms with van der Waals surface area (Å²) < 4.78 is 0. The van der Waals surface area contributed by atoms with E-state index in [4.69, 9.17) is 15.3 Å². The number of rotatable bonds is 4. The molecule has 84 valence electrons. The van der Waals surface area contributed by atoms with Crippen LogP contribution in [0.15, 0.2) is 18.2 Å². The van der Waals surface area contributed by atoms with Crippen LogP contribution >= 0.6 is 0 Å². The lowest BCUT2D eigenvalue weighted by Crippen LogP contribution is -2.17. The molecule has 0 saturated heterocycles. The van der Waals surface area contributed by atoms with Crippen molar-refractivity contribution in [2.24, 2.45) is 0 Å². The van der Waals surface area contributed by atoms with Gasteiger partial charge in [0.25, 0.3) is 0 Å². The topological polar surface area (TPSA) is 112 Å². The van der Waals surface area contributed by atoms with Gasteiger partial charge in [-0.15, -0.1) is 0 Å². The van der Waals surface area contributed by atoms with Gasteiger partial charge in [-0.1, -0.05) is 0 Å². The zero-order valence-corrected chi connectivity index (χ0v) is 8.01. The van der Waals surface area contributed by atoms with E-state index >= 15 is 0 Å². The number of hydrogen-bond acceptors (Lipinski definition) is 5. The highest BCUT2D eigenvalue weighted by Gasteiger charge is 2.18. The summed E-state index contributed by atoms with van der Waals surface area (Å²) in [4.78, 5) is 32.3. The summed E-state index contributed by atoms with van der Waals surface area (Å²) >= 11 is 0. The molecule has 0 aromatic heterocycles. The maximum atomic E-state index is 11.4. The first-order chi connectivity index (χ1) is 7.40. The van der Waals surface area contributed by atoms with Gasteiger partial charge in [0.15, 0.2) is 5.78 Å². The molecule has 0 atom stereocenters. The third-order valence-corrected chi connectivity index (χ3v) is 1.78. The number of carboxylic acid groups (broad SMARTS) is 1. The van der Waals surface area contributed by atoms with E-state index < -0.39 is 24.0 Å². The molecule has 1 rings (SSSR count). The number of Topliss-reactive ketones (excluding diaryl/α,β-unsaturated/α-hetero) is 2. The third kappa shape index (κ3) is 2.81. The van der Waals surface area contributed by atoms with Gasteiger partial charge in [0.05, 0.1) is 6.42 Å². The summed E-state index contributed by atoms with van der Waals surface area (Å²) in [7, 11) is 0. The number of ketones is 2. The van der Waals surface area contributed by atoms with E-state index in [0.29, 0.717) is 0 Å². The van der Waals surface area contributed by atoms with Gasteiger partial charge in [0.2, 0.25) is 5.78 Å². The number of phenols is 2. The van der Waals surface area contributed by atoms with Gasteiger partial charge in [-0.2, -0.15) is 0 Å². The minimum atomic E-state index is -1.70. The highest BCUT2D eigenvalue weighted by molar-refractivity contribution is 6.37. The summed E-state index contributed by atoms with van der Waals surface area (Å²) in [5.41, 5.74) is -0.118. The van der Waals surface area contributed by atoms with E-state index in [1.807, 2.05) is 0 Å². The van der Waals surface area contributed by atoms with Crippen molar-refractivity contribution >= 4 is 17.5 Å². The molecule has 16 heavy (non-hydrogen) atoms. The average Bonchev–Trinajstić information content (AvgIpc) is 2.15. The summed E-state index contributed by atoms with van der Waals surface area (Å²) in [5.74, 6) is -4.40. The number of carbonyl (C=O) groups is 3. The average molecular weight is 224 g/mol. The van der Waals surface area contributed by atoms with Crippen molar-refractivity contribution < 1.29 is 29.7 Å². The third-order valence-electron chi connectivity index (χ3n) is 1.78. The fourth-order valence-corrected chi connectivity index (χ4v) is 1.08. The smallest absolute Gasteiger partial charge is 0.372 e. The zero-order valence-electron chi connectivity index (χ0n) is 8.01.